The zero-order valence-corrected chi connectivity index (χ0v) is 14.1. The molecule has 5 heteroatoms. The van der Waals surface area contributed by atoms with Gasteiger partial charge < -0.3 is 15.2 Å². The molecule has 0 unspecified atom stereocenters. The van der Waals surface area contributed by atoms with Gasteiger partial charge in [-0.1, -0.05) is 48.0 Å². The van der Waals surface area contributed by atoms with Gasteiger partial charge in [-0.15, -0.1) is 0 Å². The van der Waals surface area contributed by atoms with Crippen molar-refractivity contribution < 1.29 is 14.6 Å². The molecule has 0 spiro atoms. The summed E-state index contributed by atoms with van der Waals surface area (Å²) >= 11 is 5.90. The highest BCUT2D eigenvalue weighted by Crippen LogP contribution is 2.35. The standard InChI is InChI=1S/C19H20ClNO3/c20-16-12-14(6-7-17(16)22)13-18(23)24-19(8-10-21-11-9-19)15-4-2-1-3-5-15/h1-7,12,21-22H,8-11,13H2. The van der Waals surface area contributed by atoms with E-state index in [0.717, 1.165) is 37.1 Å². The van der Waals surface area contributed by atoms with Gasteiger partial charge in [-0.3, -0.25) is 4.79 Å². The monoisotopic (exact) mass is 345 g/mol. The Kier molecular flexibility index (Phi) is 5.07. The number of nitrogens with one attached hydrogen (secondary N) is 1. The Morgan fingerprint density at radius 2 is 1.88 bits per heavy atom. The fourth-order valence-electron chi connectivity index (χ4n) is 3.10. The van der Waals surface area contributed by atoms with Gasteiger partial charge in [-0.2, -0.15) is 0 Å². The molecule has 0 bridgehead atoms. The van der Waals surface area contributed by atoms with E-state index in [1.165, 1.54) is 6.07 Å². The minimum Gasteiger partial charge on any atom is -0.506 e. The average molecular weight is 346 g/mol. The van der Waals surface area contributed by atoms with E-state index < -0.39 is 5.60 Å². The summed E-state index contributed by atoms with van der Waals surface area (Å²) in [5, 5.41) is 13.0. The lowest BCUT2D eigenvalue weighted by Crippen LogP contribution is -2.43. The fourth-order valence-corrected chi connectivity index (χ4v) is 3.31. The van der Waals surface area contributed by atoms with Gasteiger partial charge in [0.25, 0.3) is 0 Å². The van der Waals surface area contributed by atoms with Crippen LogP contribution in [0.2, 0.25) is 5.02 Å². The van der Waals surface area contributed by atoms with E-state index in [1.807, 2.05) is 30.3 Å². The minimum absolute atomic E-state index is 0.00731. The second-order valence-electron chi connectivity index (χ2n) is 6.05. The smallest absolute Gasteiger partial charge is 0.311 e. The molecule has 1 fully saturated rings. The van der Waals surface area contributed by atoms with E-state index in [1.54, 1.807) is 12.1 Å². The number of hydrogen-bond donors (Lipinski definition) is 2. The van der Waals surface area contributed by atoms with Crippen molar-refractivity contribution in [3.63, 3.8) is 0 Å². The fraction of sp³-hybridized carbons (Fsp3) is 0.316. The number of esters is 1. The highest BCUT2D eigenvalue weighted by atomic mass is 35.5. The van der Waals surface area contributed by atoms with Gasteiger partial charge in [-0.25, -0.2) is 0 Å². The molecule has 4 nitrogen and oxygen atoms in total. The molecule has 0 atom stereocenters. The van der Waals surface area contributed by atoms with Gasteiger partial charge in [0.15, 0.2) is 0 Å². The molecular weight excluding hydrogens is 326 g/mol. The molecule has 0 saturated carbocycles. The zero-order valence-electron chi connectivity index (χ0n) is 13.3. The molecule has 126 valence electrons. The van der Waals surface area contributed by atoms with Crippen molar-refractivity contribution in [3.8, 4) is 5.75 Å². The highest BCUT2D eigenvalue weighted by molar-refractivity contribution is 6.32. The first-order valence-corrected chi connectivity index (χ1v) is 8.42. The molecule has 0 aromatic heterocycles. The summed E-state index contributed by atoms with van der Waals surface area (Å²) in [6.07, 6.45) is 1.63. The molecule has 0 aliphatic carbocycles. The number of rotatable bonds is 4. The third kappa shape index (κ3) is 3.71. The van der Waals surface area contributed by atoms with E-state index in [2.05, 4.69) is 5.32 Å². The summed E-state index contributed by atoms with van der Waals surface area (Å²) in [5.74, 6) is -0.282. The van der Waals surface area contributed by atoms with E-state index >= 15 is 0 Å². The lowest BCUT2D eigenvalue weighted by atomic mass is 9.84. The summed E-state index contributed by atoms with van der Waals surface area (Å²) < 4.78 is 5.95. The summed E-state index contributed by atoms with van der Waals surface area (Å²) in [6.45, 7) is 1.63. The van der Waals surface area contributed by atoms with Gasteiger partial charge in [0.2, 0.25) is 0 Å². The summed E-state index contributed by atoms with van der Waals surface area (Å²) in [7, 11) is 0. The van der Waals surface area contributed by atoms with Gasteiger partial charge in [0, 0.05) is 12.8 Å². The second kappa shape index (κ2) is 7.24. The number of aromatic hydroxyl groups is 1. The van der Waals surface area contributed by atoms with Gasteiger partial charge in [0.1, 0.15) is 11.4 Å². The maximum absolute atomic E-state index is 12.5. The second-order valence-corrected chi connectivity index (χ2v) is 6.45. The van der Waals surface area contributed by atoms with Crippen LogP contribution in [0.1, 0.15) is 24.0 Å². The lowest BCUT2D eigenvalue weighted by molar-refractivity contribution is -0.163. The molecule has 1 saturated heterocycles. The van der Waals surface area contributed by atoms with Crippen LogP contribution >= 0.6 is 11.6 Å². The third-order valence-corrected chi connectivity index (χ3v) is 4.68. The van der Waals surface area contributed by atoms with E-state index in [-0.39, 0.29) is 23.2 Å². The Morgan fingerprint density at radius 1 is 1.17 bits per heavy atom. The highest BCUT2D eigenvalue weighted by Gasteiger charge is 2.37. The van der Waals surface area contributed by atoms with Gasteiger partial charge in [-0.05, 0) is 36.3 Å². The number of ether oxygens (including phenoxy) is 1. The van der Waals surface area contributed by atoms with Crippen LogP contribution in [0.4, 0.5) is 0 Å². The number of halogens is 1. The van der Waals surface area contributed by atoms with Crippen LogP contribution in [0.5, 0.6) is 5.75 Å². The quantitative estimate of drug-likeness (QED) is 0.834. The third-order valence-electron chi connectivity index (χ3n) is 4.38. The number of phenolic OH excluding ortho intramolecular Hbond substituents is 1. The Balaban J connectivity index is 1.77. The largest absolute Gasteiger partial charge is 0.506 e. The first-order chi connectivity index (χ1) is 11.6. The van der Waals surface area contributed by atoms with Crippen LogP contribution in [0.3, 0.4) is 0 Å². The Morgan fingerprint density at radius 3 is 2.54 bits per heavy atom. The number of benzene rings is 2. The number of piperidine rings is 1. The summed E-state index contributed by atoms with van der Waals surface area (Å²) in [6, 6.07) is 14.7. The van der Waals surface area contributed by atoms with Crippen LogP contribution in [-0.2, 0) is 21.6 Å². The molecule has 0 amide bonds. The number of carbonyl (C=O) groups excluding carboxylic acids is 1. The molecule has 0 radical (unpaired) electrons. The maximum Gasteiger partial charge on any atom is 0.311 e. The molecule has 1 aliphatic heterocycles. The van der Waals surface area contributed by atoms with Crippen molar-refractivity contribution in [2.45, 2.75) is 24.9 Å². The van der Waals surface area contributed by atoms with E-state index in [0.29, 0.717) is 0 Å². The predicted molar refractivity (Wildman–Crippen MR) is 93.1 cm³/mol. The summed E-state index contributed by atoms with van der Waals surface area (Å²) in [5.41, 5.74) is 1.17. The Labute approximate surface area is 146 Å². The van der Waals surface area contributed by atoms with Crippen molar-refractivity contribution >= 4 is 17.6 Å². The molecule has 3 rings (SSSR count). The van der Waals surface area contributed by atoms with Crippen LogP contribution < -0.4 is 5.32 Å². The number of hydrogen-bond acceptors (Lipinski definition) is 4. The van der Waals surface area contributed by atoms with Crippen LogP contribution in [0, 0.1) is 0 Å². The molecule has 1 heterocycles. The Hall–Kier alpha value is -2.04. The first-order valence-electron chi connectivity index (χ1n) is 8.04. The van der Waals surface area contributed by atoms with Crippen molar-refractivity contribution in [2.75, 3.05) is 13.1 Å². The molecular formula is C19H20ClNO3. The van der Waals surface area contributed by atoms with Crippen molar-refractivity contribution in [1.29, 1.82) is 0 Å². The van der Waals surface area contributed by atoms with Crippen molar-refractivity contribution in [3.05, 3.63) is 64.7 Å². The van der Waals surface area contributed by atoms with Gasteiger partial charge in [0.05, 0.1) is 11.4 Å². The normalized spacial score (nSPS) is 16.5. The molecule has 24 heavy (non-hydrogen) atoms. The molecule has 2 aromatic rings. The molecule has 2 aromatic carbocycles. The molecule has 1 aliphatic rings. The van der Waals surface area contributed by atoms with Crippen LogP contribution in [0.25, 0.3) is 0 Å². The predicted octanol–water partition coefficient (Wildman–Crippen LogP) is 3.41. The van der Waals surface area contributed by atoms with Crippen molar-refractivity contribution in [1.82, 2.24) is 5.32 Å². The first kappa shape index (κ1) is 16.8. The topological polar surface area (TPSA) is 58.6 Å². The Bertz CT molecular complexity index is 712. The lowest BCUT2D eigenvalue weighted by Gasteiger charge is -2.37. The average Bonchev–Trinajstić information content (AvgIpc) is 2.60. The zero-order chi connectivity index (χ0) is 17.0. The number of phenols is 1. The minimum atomic E-state index is -0.579. The van der Waals surface area contributed by atoms with E-state index in [9.17, 15) is 9.90 Å². The SMILES string of the molecule is O=C(Cc1ccc(O)c(Cl)c1)OC1(c2ccccc2)CCNCC1. The maximum atomic E-state index is 12.5. The van der Waals surface area contributed by atoms with E-state index in [4.69, 9.17) is 16.3 Å². The van der Waals surface area contributed by atoms with Crippen LogP contribution in [-0.4, -0.2) is 24.2 Å². The van der Waals surface area contributed by atoms with Gasteiger partial charge >= 0.3 is 5.97 Å². The molecule has 2 N–H and O–H groups in total. The number of carbonyl (C=O) groups is 1. The summed E-state index contributed by atoms with van der Waals surface area (Å²) in [4.78, 5) is 12.5. The van der Waals surface area contributed by atoms with Crippen LogP contribution in [0.15, 0.2) is 48.5 Å². The van der Waals surface area contributed by atoms with Crippen molar-refractivity contribution in [2.24, 2.45) is 0 Å².